The van der Waals surface area contributed by atoms with E-state index in [-0.39, 0.29) is 29.1 Å². The molecule has 0 unspecified atom stereocenters. The van der Waals surface area contributed by atoms with Gasteiger partial charge in [-0.2, -0.15) is 0 Å². The number of carbonyl (C=O) groups is 2. The van der Waals surface area contributed by atoms with Crippen molar-refractivity contribution >= 4 is 39.1 Å². The average molecular weight is 584 g/mol. The third-order valence-electron chi connectivity index (χ3n) is 6.93. The summed E-state index contributed by atoms with van der Waals surface area (Å²) < 4.78 is 28.9. The first-order chi connectivity index (χ1) is 18.8. The van der Waals surface area contributed by atoms with Gasteiger partial charge in [0.2, 0.25) is 11.8 Å². The quantitative estimate of drug-likeness (QED) is 0.309. The van der Waals surface area contributed by atoms with Crippen LogP contribution in [-0.4, -0.2) is 43.8 Å². The van der Waals surface area contributed by atoms with Gasteiger partial charge in [0, 0.05) is 17.6 Å². The lowest BCUT2D eigenvalue weighted by atomic mass is 10.1. The second-order valence-electron chi connectivity index (χ2n) is 10.3. The van der Waals surface area contributed by atoms with E-state index in [2.05, 4.69) is 5.32 Å². The molecule has 2 atom stereocenters. The SMILES string of the molecule is CC[C@@H](C)NC(=O)[C@@H](C)N(Cc1cccc(C)c1)C(=O)CN(c1ccc(C)c(Cl)c1)S(=O)(=O)c1ccc(C)cc1. The summed E-state index contributed by atoms with van der Waals surface area (Å²) in [7, 11) is -4.15. The number of sulfonamides is 1. The van der Waals surface area contributed by atoms with Crippen LogP contribution in [0.2, 0.25) is 5.02 Å². The molecule has 0 spiro atoms. The number of hydrogen-bond acceptors (Lipinski definition) is 4. The number of benzene rings is 3. The van der Waals surface area contributed by atoms with Gasteiger partial charge < -0.3 is 10.2 Å². The number of carbonyl (C=O) groups excluding carboxylic acids is 2. The van der Waals surface area contributed by atoms with E-state index in [1.54, 1.807) is 37.3 Å². The molecule has 0 heterocycles. The lowest BCUT2D eigenvalue weighted by Gasteiger charge is -2.32. The van der Waals surface area contributed by atoms with E-state index < -0.39 is 28.5 Å². The molecule has 0 aromatic heterocycles. The molecule has 9 heteroatoms. The fourth-order valence-corrected chi connectivity index (χ4v) is 5.74. The van der Waals surface area contributed by atoms with Crippen LogP contribution in [0.1, 0.15) is 49.4 Å². The van der Waals surface area contributed by atoms with Crippen molar-refractivity contribution in [1.29, 1.82) is 0 Å². The number of anilines is 1. The van der Waals surface area contributed by atoms with E-state index in [4.69, 9.17) is 11.6 Å². The lowest BCUT2D eigenvalue weighted by Crippen LogP contribution is -2.52. The Labute approximate surface area is 243 Å². The highest BCUT2D eigenvalue weighted by atomic mass is 35.5. The van der Waals surface area contributed by atoms with Crippen LogP contribution in [0.5, 0.6) is 0 Å². The molecule has 2 amide bonds. The molecule has 0 radical (unpaired) electrons. The maximum absolute atomic E-state index is 14.0. The molecule has 214 valence electrons. The largest absolute Gasteiger partial charge is 0.352 e. The third-order valence-corrected chi connectivity index (χ3v) is 9.13. The van der Waals surface area contributed by atoms with Crippen molar-refractivity contribution < 1.29 is 18.0 Å². The van der Waals surface area contributed by atoms with E-state index >= 15 is 0 Å². The highest BCUT2D eigenvalue weighted by molar-refractivity contribution is 7.92. The fraction of sp³-hybridized carbons (Fsp3) is 0.355. The third kappa shape index (κ3) is 7.64. The first kappa shape index (κ1) is 31.2. The minimum atomic E-state index is -4.15. The average Bonchev–Trinajstić information content (AvgIpc) is 2.91. The summed E-state index contributed by atoms with van der Waals surface area (Å²) in [5.41, 5.74) is 3.80. The topological polar surface area (TPSA) is 86.8 Å². The van der Waals surface area contributed by atoms with Crippen molar-refractivity contribution in [2.24, 2.45) is 0 Å². The van der Waals surface area contributed by atoms with Crippen LogP contribution in [0.15, 0.2) is 71.6 Å². The van der Waals surface area contributed by atoms with E-state index in [0.717, 1.165) is 33.0 Å². The zero-order valence-electron chi connectivity index (χ0n) is 23.9. The van der Waals surface area contributed by atoms with Gasteiger partial charge in [-0.1, -0.05) is 72.1 Å². The van der Waals surface area contributed by atoms with Crippen LogP contribution in [0, 0.1) is 20.8 Å². The Hall–Kier alpha value is -3.36. The maximum Gasteiger partial charge on any atom is 0.264 e. The Bertz CT molecular complexity index is 1460. The summed E-state index contributed by atoms with van der Waals surface area (Å²) in [6.07, 6.45) is 0.737. The zero-order chi connectivity index (χ0) is 29.6. The van der Waals surface area contributed by atoms with Gasteiger partial charge >= 0.3 is 0 Å². The van der Waals surface area contributed by atoms with Crippen LogP contribution in [-0.2, 0) is 26.2 Å². The molecule has 3 rings (SSSR count). The predicted octanol–water partition coefficient (Wildman–Crippen LogP) is 5.79. The Morgan fingerprint density at radius 2 is 1.60 bits per heavy atom. The first-order valence-electron chi connectivity index (χ1n) is 13.3. The van der Waals surface area contributed by atoms with E-state index in [1.807, 2.05) is 58.9 Å². The number of hydrogen-bond donors (Lipinski definition) is 1. The molecule has 0 aliphatic heterocycles. The minimum absolute atomic E-state index is 0.0513. The molecule has 0 fully saturated rings. The molecule has 0 saturated carbocycles. The zero-order valence-corrected chi connectivity index (χ0v) is 25.5. The van der Waals surface area contributed by atoms with E-state index in [9.17, 15) is 18.0 Å². The van der Waals surface area contributed by atoms with Crippen molar-refractivity contribution in [2.45, 2.75) is 71.5 Å². The molecular formula is C31H38ClN3O4S. The van der Waals surface area contributed by atoms with Crippen molar-refractivity contribution in [3.8, 4) is 0 Å². The smallest absolute Gasteiger partial charge is 0.264 e. The molecule has 40 heavy (non-hydrogen) atoms. The van der Waals surface area contributed by atoms with Crippen LogP contribution in [0.3, 0.4) is 0 Å². The van der Waals surface area contributed by atoms with Gasteiger partial charge in [0.05, 0.1) is 10.6 Å². The second-order valence-corrected chi connectivity index (χ2v) is 12.5. The fourth-order valence-electron chi connectivity index (χ4n) is 4.16. The summed E-state index contributed by atoms with van der Waals surface area (Å²) >= 11 is 6.38. The second kappa shape index (κ2) is 13.3. The highest BCUT2D eigenvalue weighted by Crippen LogP contribution is 2.29. The number of nitrogens with zero attached hydrogens (tertiary/aromatic N) is 2. The molecule has 0 aliphatic carbocycles. The molecule has 0 saturated heterocycles. The van der Waals surface area contributed by atoms with Crippen LogP contribution in [0.25, 0.3) is 0 Å². The highest BCUT2D eigenvalue weighted by Gasteiger charge is 2.33. The monoisotopic (exact) mass is 583 g/mol. The van der Waals surface area contributed by atoms with Crippen LogP contribution >= 0.6 is 11.6 Å². The number of aryl methyl sites for hydroxylation is 3. The van der Waals surface area contributed by atoms with Crippen LogP contribution < -0.4 is 9.62 Å². The Morgan fingerprint density at radius 1 is 0.925 bits per heavy atom. The van der Waals surface area contributed by atoms with Gasteiger partial charge in [0.1, 0.15) is 12.6 Å². The summed E-state index contributed by atoms with van der Waals surface area (Å²) in [5, 5.41) is 3.32. The van der Waals surface area contributed by atoms with Gasteiger partial charge in [-0.15, -0.1) is 0 Å². The summed E-state index contributed by atoms with van der Waals surface area (Å²) in [6, 6.07) is 18.1. The van der Waals surface area contributed by atoms with Gasteiger partial charge in [0.25, 0.3) is 10.0 Å². The summed E-state index contributed by atoms with van der Waals surface area (Å²) in [6.45, 7) is 10.8. The number of nitrogens with one attached hydrogen (secondary N) is 1. The van der Waals surface area contributed by atoms with Crippen molar-refractivity contribution in [1.82, 2.24) is 10.2 Å². The minimum Gasteiger partial charge on any atom is -0.352 e. The van der Waals surface area contributed by atoms with Crippen LogP contribution in [0.4, 0.5) is 5.69 Å². The molecular weight excluding hydrogens is 546 g/mol. The maximum atomic E-state index is 14.0. The van der Waals surface area contributed by atoms with Crippen molar-refractivity contribution in [3.63, 3.8) is 0 Å². The van der Waals surface area contributed by atoms with E-state index in [1.165, 1.54) is 17.0 Å². The van der Waals surface area contributed by atoms with Gasteiger partial charge in [-0.05, 0) is 76.4 Å². The Balaban J connectivity index is 2.05. The molecule has 3 aromatic rings. The normalized spacial score (nSPS) is 12.9. The summed E-state index contributed by atoms with van der Waals surface area (Å²) in [5.74, 6) is -0.817. The molecule has 1 N–H and O–H groups in total. The van der Waals surface area contributed by atoms with E-state index in [0.29, 0.717) is 5.02 Å². The van der Waals surface area contributed by atoms with Crippen molar-refractivity contribution in [3.05, 3.63) is 94.0 Å². The first-order valence-corrected chi connectivity index (χ1v) is 15.2. The Kier molecular flexibility index (Phi) is 10.4. The number of halogens is 1. The number of rotatable bonds is 11. The molecule has 0 aliphatic rings. The van der Waals surface area contributed by atoms with Crippen molar-refractivity contribution in [2.75, 3.05) is 10.8 Å². The standard InChI is InChI=1S/C31H38ClN3O4S/c1-7-24(5)33-31(37)25(6)34(19-26-10-8-9-22(3)17-26)30(36)20-35(27-14-13-23(4)29(32)18-27)40(38,39)28-15-11-21(2)12-16-28/h8-18,24-25H,7,19-20H2,1-6H3,(H,33,37)/t24-,25-/m1/s1. The molecule has 3 aromatic carbocycles. The van der Waals surface area contributed by atoms with Gasteiger partial charge in [0.15, 0.2) is 0 Å². The van der Waals surface area contributed by atoms with Gasteiger partial charge in [-0.25, -0.2) is 8.42 Å². The summed E-state index contributed by atoms with van der Waals surface area (Å²) in [4.78, 5) is 28.6. The molecule has 0 bridgehead atoms. The molecule has 7 nitrogen and oxygen atoms in total. The van der Waals surface area contributed by atoms with Gasteiger partial charge in [-0.3, -0.25) is 13.9 Å². The Morgan fingerprint density at radius 3 is 2.20 bits per heavy atom. The lowest BCUT2D eigenvalue weighted by molar-refractivity contribution is -0.139. The predicted molar refractivity (Wildman–Crippen MR) is 161 cm³/mol. The number of amides is 2.